The Morgan fingerprint density at radius 2 is 2.28 bits per heavy atom. The van der Waals surface area contributed by atoms with Crippen LogP contribution in [0.15, 0.2) is 33.6 Å². The molecule has 1 heterocycles. The zero-order valence-corrected chi connectivity index (χ0v) is 12.6. The maximum Gasteiger partial charge on any atom is 0.255 e. The number of carbonyl (C=O) groups is 1. The van der Waals surface area contributed by atoms with Gasteiger partial charge in [0.2, 0.25) is 0 Å². The zero-order chi connectivity index (χ0) is 13.1. The molecule has 0 unspecified atom stereocenters. The van der Waals surface area contributed by atoms with Crippen molar-refractivity contribution in [1.29, 1.82) is 0 Å². The molecule has 0 N–H and O–H groups in total. The molecule has 0 aliphatic heterocycles. The number of nitrogens with zero attached hydrogens (tertiary/aromatic N) is 2. The summed E-state index contributed by atoms with van der Waals surface area (Å²) in [5.74, 6) is -0.00475. The van der Waals surface area contributed by atoms with Crippen LogP contribution in [0, 0.1) is 6.92 Å². The first-order valence-corrected chi connectivity index (χ1v) is 7.20. The van der Waals surface area contributed by atoms with Crippen molar-refractivity contribution in [3.63, 3.8) is 0 Å². The van der Waals surface area contributed by atoms with Gasteiger partial charge < -0.3 is 4.90 Å². The van der Waals surface area contributed by atoms with Crippen LogP contribution in [0.4, 0.5) is 0 Å². The van der Waals surface area contributed by atoms with Crippen LogP contribution in [0.3, 0.4) is 0 Å². The van der Waals surface area contributed by atoms with E-state index in [-0.39, 0.29) is 5.91 Å². The average molecular weight is 325 g/mol. The molecule has 1 aromatic carbocycles. The summed E-state index contributed by atoms with van der Waals surface area (Å²) < 4.78 is 0.831. The van der Waals surface area contributed by atoms with E-state index in [2.05, 4.69) is 20.9 Å². The Kier molecular flexibility index (Phi) is 4.14. The Hall–Kier alpha value is -1.20. The lowest BCUT2D eigenvalue weighted by molar-refractivity contribution is 0.0783. The van der Waals surface area contributed by atoms with Crippen LogP contribution in [0.2, 0.25) is 0 Å². The Morgan fingerprint density at radius 1 is 1.50 bits per heavy atom. The van der Waals surface area contributed by atoms with E-state index in [9.17, 15) is 4.79 Å². The van der Waals surface area contributed by atoms with Crippen molar-refractivity contribution in [3.05, 3.63) is 50.4 Å². The molecule has 0 bridgehead atoms. The second kappa shape index (κ2) is 5.63. The summed E-state index contributed by atoms with van der Waals surface area (Å²) in [6.45, 7) is 2.53. The lowest BCUT2D eigenvalue weighted by Crippen LogP contribution is -2.26. The highest BCUT2D eigenvalue weighted by molar-refractivity contribution is 9.10. The van der Waals surface area contributed by atoms with Gasteiger partial charge in [-0.2, -0.15) is 0 Å². The molecule has 18 heavy (non-hydrogen) atoms. The van der Waals surface area contributed by atoms with Crippen molar-refractivity contribution in [1.82, 2.24) is 9.88 Å². The fourth-order valence-corrected chi connectivity index (χ4v) is 2.84. The second-order valence-corrected chi connectivity index (χ2v) is 5.70. The van der Waals surface area contributed by atoms with Crippen LogP contribution in [-0.2, 0) is 6.54 Å². The molecule has 0 atom stereocenters. The van der Waals surface area contributed by atoms with Gasteiger partial charge in [-0.15, -0.1) is 11.3 Å². The van der Waals surface area contributed by atoms with Crippen molar-refractivity contribution in [2.24, 2.45) is 0 Å². The van der Waals surface area contributed by atoms with E-state index in [4.69, 9.17) is 0 Å². The highest BCUT2D eigenvalue weighted by Gasteiger charge is 2.15. The fraction of sp³-hybridized carbons (Fsp3) is 0.231. The fourth-order valence-electron chi connectivity index (χ4n) is 1.63. The van der Waals surface area contributed by atoms with E-state index in [1.807, 2.05) is 30.5 Å². The first-order valence-electron chi connectivity index (χ1n) is 5.46. The van der Waals surface area contributed by atoms with Gasteiger partial charge in [0.05, 0.1) is 23.3 Å². The predicted octanol–water partition coefficient (Wildman–Crippen LogP) is 3.49. The van der Waals surface area contributed by atoms with Crippen LogP contribution < -0.4 is 0 Å². The minimum Gasteiger partial charge on any atom is -0.336 e. The topological polar surface area (TPSA) is 33.2 Å². The van der Waals surface area contributed by atoms with Gasteiger partial charge in [0.15, 0.2) is 0 Å². The average Bonchev–Trinajstić information content (AvgIpc) is 2.81. The molecule has 5 heteroatoms. The third-order valence-corrected chi connectivity index (χ3v) is 3.88. The number of aryl methyl sites for hydroxylation is 1. The second-order valence-electron chi connectivity index (χ2n) is 4.12. The Balaban J connectivity index is 2.15. The molecule has 0 aliphatic rings. The Labute approximate surface area is 119 Å². The molecule has 0 radical (unpaired) electrons. The lowest BCUT2D eigenvalue weighted by atomic mass is 10.1. The predicted molar refractivity (Wildman–Crippen MR) is 76.8 cm³/mol. The Bertz CT molecular complexity index is 554. The Morgan fingerprint density at radius 3 is 2.89 bits per heavy atom. The van der Waals surface area contributed by atoms with Gasteiger partial charge in [0, 0.05) is 16.9 Å². The molecule has 94 valence electrons. The number of hydrogen-bond acceptors (Lipinski definition) is 3. The largest absolute Gasteiger partial charge is 0.336 e. The lowest BCUT2D eigenvalue weighted by Gasteiger charge is -2.17. The normalized spacial score (nSPS) is 10.4. The molecule has 0 saturated carbocycles. The van der Waals surface area contributed by atoms with Crippen LogP contribution in [-0.4, -0.2) is 22.8 Å². The third kappa shape index (κ3) is 2.97. The number of carbonyl (C=O) groups excluding carboxylic acids is 1. The molecule has 1 amide bonds. The summed E-state index contributed by atoms with van der Waals surface area (Å²) in [4.78, 5) is 18.1. The third-order valence-electron chi connectivity index (χ3n) is 2.58. The van der Waals surface area contributed by atoms with E-state index < -0.39 is 0 Å². The zero-order valence-electron chi connectivity index (χ0n) is 10.2. The number of hydrogen-bond donors (Lipinski definition) is 0. The number of halogens is 1. The molecular formula is C13H13BrN2OS. The molecule has 1 aromatic heterocycles. The van der Waals surface area contributed by atoms with Gasteiger partial charge in [0.25, 0.3) is 5.91 Å². The van der Waals surface area contributed by atoms with Crippen LogP contribution in [0.1, 0.15) is 21.6 Å². The number of benzene rings is 1. The van der Waals surface area contributed by atoms with Crippen molar-refractivity contribution >= 4 is 33.2 Å². The monoisotopic (exact) mass is 324 g/mol. The van der Waals surface area contributed by atoms with Gasteiger partial charge in [-0.05, 0) is 40.5 Å². The van der Waals surface area contributed by atoms with E-state index >= 15 is 0 Å². The van der Waals surface area contributed by atoms with Crippen LogP contribution in [0.25, 0.3) is 0 Å². The summed E-state index contributed by atoms with van der Waals surface area (Å²) >= 11 is 4.97. The minimum atomic E-state index is -0.00475. The SMILES string of the molecule is Cc1ccc(C(=O)N(C)Cc2cscn2)c(Br)c1. The number of aromatic nitrogens is 1. The first-order chi connectivity index (χ1) is 8.58. The van der Waals surface area contributed by atoms with E-state index in [1.54, 1.807) is 17.5 Å². The maximum absolute atomic E-state index is 12.3. The van der Waals surface area contributed by atoms with Gasteiger partial charge in [0.1, 0.15) is 0 Å². The smallest absolute Gasteiger partial charge is 0.255 e. The molecule has 3 nitrogen and oxygen atoms in total. The van der Waals surface area contributed by atoms with Crippen molar-refractivity contribution in [2.75, 3.05) is 7.05 Å². The number of thiazole rings is 1. The van der Waals surface area contributed by atoms with Crippen molar-refractivity contribution in [3.8, 4) is 0 Å². The highest BCUT2D eigenvalue weighted by Crippen LogP contribution is 2.20. The quantitative estimate of drug-likeness (QED) is 0.865. The van der Waals surface area contributed by atoms with Gasteiger partial charge in [-0.3, -0.25) is 4.79 Å². The van der Waals surface area contributed by atoms with Gasteiger partial charge in [-0.1, -0.05) is 6.07 Å². The van der Waals surface area contributed by atoms with Gasteiger partial charge in [-0.25, -0.2) is 4.98 Å². The van der Waals surface area contributed by atoms with Crippen LogP contribution in [0.5, 0.6) is 0 Å². The van der Waals surface area contributed by atoms with E-state index in [0.29, 0.717) is 12.1 Å². The summed E-state index contributed by atoms with van der Waals surface area (Å²) in [6, 6.07) is 5.73. The molecule has 0 spiro atoms. The molecular weight excluding hydrogens is 312 g/mol. The maximum atomic E-state index is 12.3. The highest BCUT2D eigenvalue weighted by atomic mass is 79.9. The summed E-state index contributed by atoms with van der Waals surface area (Å²) in [5.41, 5.74) is 4.49. The first kappa shape index (κ1) is 13.2. The standard InChI is InChI=1S/C13H13BrN2OS/c1-9-3-4-11(12(14)5-9)13(17)16(2)6-10-7-18-8-15-10/h3-5,7-8H,6H2,1-2H3. The van der Waals surface area contributed by atoms with E-state index in [0.717, 1.165) is 15.7 Å². The summed E-state index contributed by atoms with van der Waals surface area (Å²) in [5, 5.41) is 1.95. The molecule has 0 saturated heterocycles. The minimum absolute atomic E-state index is 0.00475. The number of amides is 1. The molecule has 2 aromatic rings. The molecule has 0 aliphatic carbocycles. The number of rotatable bonds is 3. The van der Waals surface area contributed by atoms with Gasteiger partial charge >= 0.3 is 0 Å². The van der Waals surface area contributed by atoms with Crippen molar-refractivity contribution < 1.29 is 4.79 Å². The summed E-state index contributed by atoms with van der Waals surface area (Å²) in [6.07, 6.45) is 0. The van der Waals surface area contributed by atoms with E-state index in [1.165, 1.54) is 11.3 Å². The van der Waals surface area contributed by atoms with Crippen molar-refractivity contribution in [2.45, 2.75) is 13.5 Å². The molecule has 0 fully saturated rings. The van der Waals surface area contributed by atoms with Crippen LogP contribution >= 0.6 is 27.3 Å². The summed E-state index contributed by atoms with van der Waals surface area (Å²) in [7, 11) is 1.79. The molecule has 2 rings (SSSR count).